The molecule has 4 nitrogen and oxygen atoms in total. The van der Waals surface area contributed by atoms with E-state index in [2.05, 4.69) is 15.3 Å². The van der Waals surface area contributed by atoms with Crippen molar-refractivity contribution in [2.24, 2.45) is 0 Å². The average molecular weight is 249 g/mol. The maximum atomic E-state index is 12.0. The van der Waals surface area contributed by atoms with Crippen LogP contribution in [0, 0.1) is 0 Å². The van der Waals surface area contributed by atoms with E-state index in [0.29, 0.717) is 12.1 Å². The lowest BCUT2D eigenvalue weighted by atomic mass is 10.3. The van der Waals surface area contributed by atoms with Crippen molar-refractivity contribution in [3.8, 4) is 0 Å². The Kier molecular flexibility index (Phi) is 4.68. The van der Waals surface area contributed by atoms with Gasteiger partial charge in [0.25, 0.3) is 5.56 Å². The van der Waals surface area contributed by atoms with Crippen LogP contribution in [0.5, 0.6) is 0 Å². The SMILES string of the molecule is CCCNCc1cnc(CC(F)(F)F)[nH]c1=O. The van der Waals surface area contributed by atoms with Crippen molar-refractivity contribution < 1.29 is 13.2 Å². The van der Waals surface area contributed by atoms with Gasteiger partial charge in [-0.05, 0) is 13.0 Å². The van der Waals surface area contributed by atoms with Crippen LogP contribution in [0.25, 0.3) is 0 Å². The average Bonchev–Trinajstić information content (AvgIpc) is 2.19. The van der Waals surface area contributed by atoms with Gasteiger partial charge in [-0.15, -0.1) is 0 Å². The van der Waals surface area contributed by atoms with Gasteiger partial charge in [-0.1, -0.05) is 6.92 Å². The van der Waals surface area contributed by atoms with Gasteiger partial charge >= 0.3 is 6.18 Å². The van der Waals surface area contributed by atoms with Gasteiger partial charge in [0.15, 0.2) is 0 Å². The summed E-state index contributed by atoms with van der Waals surface area (Å²) < 4.78 is 36.1. The monoisotopic (exact) mass is 249 g/mol. The molecule has 1 aromatic heterocycles. The second kappa shape index (κ2) is 5.81. The Morgan fingerprint density at radius 3 is 2.71 bits per heavy atom. The van der Waals surface area contributed by atoms with Crippen LogP contribution in [0.15, 0.2) is 11.0 Å². The van der Waals surface area contributed by atoms with Crippen molar-refractivity contribution in [2.45, 2.75) is 32.5 Å². The Morgan fingerprint density at radius 1 is 1.47 bits per heavy atom. The second-order valence-corrected chi connectivity index (χ2v) is 3.65. The van der Waals surface area contributed by atoms with Crippen molar-refractivity contribution >= 4 is 0 Å². The number of aromatic nitrogens is 2. The summed E-state index contributed by atoms with van der Waals surface area (Å²) in [4.78, 5) is 17.1. The molecule has 0 radical (unpaired) electrons. The quantitative estimate of drug-likeness (QED) is 0.775. The third kappa shape index (κ3) is 4.99. The number of alkyl halides is 3. The van der Waals surface area contributed by atoms with Crippen LogP contribution in [0.2, 0.25) is 0 Å². The highest BCUT2D eigenvalue weighted by Gasteiger charge is 2.29. The van der Waals surface area contributed by atoms with Gasteiger partial charge < -0.3 is 10.3 Å². The molecule has 0 atom stereocenters. The van der Waals surface area contributed by atoms with E-state index in [1.807, 2.05) is 6.92 Å². The van der Waals surface area contributed by atoms with Crippen LogP contribution in [-0.4, -0.2) is 22.7 Å². The van der Waals surface area contributed by atoms with Crippen LogP contribution >= 0.6 is 0 Å². The summed E-state index contributed by atoms with van der Waals surface area (Å²) in [7, 11) is 0. The first kappa shape index (κ1) is 13.7. The molecule has 0 aliphatic heterocycles. The molecule has 0 saturated heterocycles. The smallest absolute Gasteiger partial charge is 0.312 e. The Morgan fingerprint density at radius 2 is 2.18 bits per heavy atom. The van der Waals surface area contributed by atoms with Crippen LogP contribution < -0.4 is 10.9 Å². The van der Waals surface area contributed by atoms with Gasteiger partial charge in [-0.3, -0.25) is 4.79 Å². The van der Waals surface area contributed by atoms with E-state index in [1.165, 1.54) is 6.20 Å². The summed E-state index contributed by atoms with van der Waals surface area (Å²) in [5.74, 6) is -0.359. The highest BCUT2D eigenvalue weighted by atomic mass is 19.4. The van der Waals surface area contributed by atoms with E-state index < -0.39 is 18.2 Å². The maximum Gasteiger partial charge on any atom is 0.396 e. The normalized spacial score (nSPS) is 11.8. The largest absolute Gasteiger partial charge is 0.396 e. The van der Waals surface area contributed by atoms with Gasteiger partial charge in [0.05, 0.1) is 0 Å². The second-order valence-electron chi connectivity index (χ2n) is 3.65. The zero-order valence-electron chi connectivity index (χ0n) is 9.40. The summed E-state index contributed by atoms with van der Waals surface area (Å²) in [5.41, 5.74) is -0.188. The van der Waals surface area contributed by atoms with Gasteiger partial charge in [0.1, 0.15) is 12.2 Å². The summed E-state index contributed by atoms with van der Waals surface area (Å²) in [5, 5.41) is 2.98. The predicted octanol–water partition coefficient (Wildman–Crippen LogP) is 1.37. The molecule has 7 heteroatoms. The van der Waals surface area contributed by atoms with Crippen molar-refractivity contribution in [1.82, 2.24) is 15.3 Å². The highest BCUT2D eigenvalue weighted by molar-refractivity contribution is 5.06. The molecular formula is C10H14F3N3O. The molecule has 0 spiro atoms. The maximum absolute atomic E-state index is 12.0. The zero-order valence-corrected chi connectivity index (χ0v) is 9.40. The topological polar surface area (TPSA) is 57.8 Å². The number of hydrogen-bond donors (Lipinski definition) is 2. The Labute approximate surface area is 96.3 Å². The van der Waals surface area contributed by atoms with Crippen LogP contribution in [0.1, 0.15) is 24.7 Å². The molecule has 0 aliphatic rings. The van der Waals surface area contributed by atoms with Crippen molar-refractivity contribution in [3.63, 3.8) is 0 Å². The fourth-order valence-corrected chi connectivity index (χ4v) is 1.26. The van der Waals surface area contributed by atoms with Crippen LogP contribution in [0.4, 0.5) is 13.2 Å². The summed E-state index contributed by atoms with van der Waals surface area (Å²) in [6, 6.07) is 0. The molecule has 0 saturated carbocycles. The van der Waals surface area contributed by atoms with E-state index in [9.17, 15) is 18.0 Å². The van der Waals surface area contributed by atoms with E-state index in [1.54, 1.807) is 0 Å². The molecule has 0 unspecified atom stereocenters. The third-order valence-corrected chi connectivity index (χ3v) is 2.04. The molecule has 2 N–H and O–H groups in total. The first-order valence-electron chi connectivity index (χ1n) is 5.27. The van der Waals surface area contributed by atoms with E-state index >= 15 is 0 Å². The van der Waals surface area contributed by atoms with E-state index in [4.69, 9.17) is 0 Å². The molecule has 0 aromatic carbocycles. The molecule has 96 valence electrons. The first-order valence-corrected chi connectivity index (χ1v) is 5.27. The fourth-order valence-electron chi connectivity index (χ4n) is 1.26. The van der Waals surface area contributed by atoms with Gasteiger partial charge in [0.2, 0.25) is 0 Å². The van der Waals surface area contributed by atoms with E-state index in [-0.39, 0.29) is 5.82 Å². The Hall–Kier alpha value is -1.37. The molecule has 0 bridgehead atoms. The molecule has 1 aromatic rings. The number of rotatable bonds is 5. The van der Waals surface area contributed by atoms with Crippen molar-refractivity contribution in [3.05, 3.63) is 27.9 Å². The minimum atomic E-state index is -4.36. The van der Waals surface area contributed by atoms with Gasteiger partial charge in [-0.25, -0.2) is 4.98 Å². The lowest BCUT2D eigenvalue weighted by Gasteiger charge is -2.06. The summed E-state index contributed by atoms with van der Waals surface area (Å²) >= 11 is 0. The molecule has 0 amide bonds. The predicted molar refractivity (Wildman–Crippen MR) is 56.6 cm³/mol. The lowest BCUT2D eigenvalue weighted by Crippen LogP contribution is -2.25. The molecule has 17 heavy (non-hydrogen) atoms. The molecular weight excluding hydrogens is 235 g/mol. The summed E-state index contributed by atoms with van der Waals surface area (Å²) in [6.07, 6.45) is -3.48. The highest BCUT2D eigenvalue weighted by Crippen LogP contribution is 2.18. The number of halogens is 3. The number of hydrogen-bond acceptors (Lipinski definition) is 3. The summed E-state index contributed by atoms with van der Waals surface area (Å²) in [6.45, 7) is 3.02. The van der Waals surface area contributed by atoms with Crippen LogP contribution in [-0.2, 0) is 13.0 Å². The number of H-pyrrole nitrogens is 1. The lowest BCUT2D eigenvalue weighted by molar-refractivity contribution is -0.128. The van der Waals surface area contributed by atoms with Gasteiger partial charge in [0, 0.05) is 18.3 Å². The molecule has 1 rings (SSSR count). The first-order chi connectivity index (χ1) is 7.92. The molecule has 0 aliphatic carbocycles. The Bertz CT molecular complexity index is 414. The van der Waals surface area contributed by atoms with Gasteiger partial charge in [-0.2, -0.15) is 13.2 Å². The fraction of sp³-hybridized carbons (Fsp3) is 0.600. The number of nitrogens with zero attached hydrogens (tertiary/aromatic N) is 1. The molecule has 0 fully saturated rings. The minimum absolute atomic E-state index is 0.308. The number of aromatic amines is 1. The molecule has 1 heterocycles. The van der Waals surface area contributed by atoms with Crippen LogP contribution in [0.3, 0.4) is 0 Å². The Balaban J connectivity index is 2.69. The minimum Gasteiger partial charge on any atom is -0.312 e. The standard InChI is InChI=1S/C10H14F3N3O/c1-2-3-14-5-7-6-15-8(16-9(7)17)4-10(11,12)13/h6,14H,2-5H2,1H3,(H,15,16,17). The van der Waals surface area contributed by atoms with E-state index in [0.717, 1.165) is 13.0 Å². The van der Waals surface area contributed by atoms with Crippen molar-refractivity contribution in [1.29, 1.82) is 0 Å². The zero-order chi connectivity index (χ0) is 12.9. The van der Waals surface area contributed by atoms with Crippen molar-refractivity contribution in [2.75, 3.05) is 6.54 Å². The number of nitrogens with one attached hydrogen (secondary N) is 2. The third-order valence-electron chi connectivity index (χ3n) is 2.04.